The van der Waals surface area contributed by atoms with Gasteiger partial charge >= 0.3 is 0 Å². The fraction of sp³-hybridized carbons (Fsp3) is 0.409. The van der Waals surface area contributed by atoms with Crippen LogP contribution in [0.25, 0.3) is 0 Å². The van der Waals surface area contributed by atoms with Crippen LogP contribution >= 0.6 is 0 Å². The lowest BCUT2D eigenvalue weighted by Crippen LogP contribution is -2.49. The van der Waals surface area contributed by atoms with E-state index in [0.29, 0.717) is 18.2 Å². The summed E-state index contributed by atoms with van der Waals surface area (Å²) in [6, 6.07) is 20.9. The fourth-order valence-electron chi connectivity index (χ4n) is 3.30. The Balaban J connectivity index is 2.68. The minimum atomic E-state index is -0.581. The van der Waals surface area contributed by atoms with Gasteiger partial charge in [-0.05, 0) is 18.1 Å². The smallest absolute Gasteiger partial charge is 0.147 e. The number of nitrogens with zero attached hydrogens (tertiary/aromatic N) is 1. The van der Waals surface area contributed by atoms with Gasteiger partial charge in [-0.1, -0.05) is 67.6 Å². The van der Waals surface area contributed by atoms with Crippen molar-refractivity contribution in [1.82, 2.24) is 0 Å². The lowest BCUT2D eigenvalue weighted by Gasteiger charge is -2.40. The molecule has 2 aromatic rings. The molecule has 0 aliphatic rings. The van der Waals surface area contributed by atoms with Gasteiger partial charge < -0.3 is 4.48 Å². The third-order valence-electron chi connectivity index (χ3n) is 5.25. The summed E-state index contributed by atoms with van der Waals surface area (Å²) >= 11 is 0. The molecule has 0 radical (unpaired) electrons. The van der Waals surface area contributed by atoms with Crippen molar-refractivity contribution in [2.75, 3.05) is 21.1 Å². The first-order valence-electron chi connectivity index (χ1n) is 8.78. The van der Waals surface area contributed by atoms with Crippen molar-refractivity contribution < 1.29 is 9.28 Å². The molecule has 128 valence electrons. The van der Waals surface area contributed by atoms with Crippen molar-refractivity contribution in [2.24, 2.45) is 0 Å². The first-order valence-corrected chi connectivity index (χ1v) is 8.78. The molecule has 0 spiro atoms. The van der Waals surface area contributed by atoms with E-state index >= 15 is 0 Å². The Kier molecular flexibility index (Phi) is 5.61. The third-order valence-corrected chi connectivity index (χ3v) is 5.25. The van der Waals surface area contributed by atoms with Gasteiger partial charge in [0, 0.05) is 12.8 Å². The highest BCUT2D eigenvalue weighted by molar-refractivity contribution is 5.93. The Morgan fingerprint density at radius 2 is 1.33 bits per heavy atom. The van der Waals surface area contributed by atoms with E-state index in [-0.39, 0.29) is 0 Å². The van der Waals surface area contributed by atoms with E-state index in [4.69, 9.17) is 0 Å². The number of ketones is 1. The van der Waals surface area contributed by atoms with Gasteiger partial charge in [-0.25, -0.2) is 0 Å². The standard InChI is InChI=1S/C22H30NO/c1-6-21(24)22(17-18(2)23(3,4)5,19-13-9-7-10-14-19)20-15-11-8-12-16-20/h7-16,18H,6,17H2,1-5H3/q+1/t18-/m1/s1. The molecule has 0 aliphatic heterocycles. The third kappa shape index (κ3) is 3.59. The molecule has 0 unspecified atom stereocenters. The predicted octanol–water partition coefficient (Wildman–Crippen LogP) is 4.44. The number of quaternary nitrogens is 1. The zero-order valence-corrected chi connectivity index (χ0v) is 15.6. The van der Waals surface area contributed by atoms with Crippen molar-refractivity contribution in [2.45, 2.75) is 38.1 Å². The highest BCUT2D eigenvalue weighted by atomic mass is 16.1. The van der Waals surface area contributed by atoms with Crippen LogP contribution in [0.4, 0.5) is 0 Å². The number of hydrogen-bond acceptors (Lipinski definition) is 1. The average molecular weight is 324 g/mol. The largest absolute Gasteiger partial charge is 0.329 e. The molecule has 2 nitrogen and oxygen atoms in total. The Hall–Kier alpha value is -1.93. The molecule has 0 heterocycles. The molecule has 0 fully saturated rings. The number of Topliss-reactive ketones (excluding diaryl/α,β-unsaturated/α-hetero) is 1. The van der Waals surface area contributed by atoms with Crippen LogP contribution in [0.3, 0.4) is 0 Å². The number of hydrogen-bond donors (Lipinski definition) is 0. The molecule has 0 bridgehead atoms. The van der Waals surface area contributed by atoms with Gasteiger partial charge in [0.1, 0.15) is 5.78 Å². The van der Waals surface area contributed by atoms with Gasteiger partial charge in [-0.2, -0.15) is 0 Å². The first kappa shape index (κ1) is 18.4. The second-order valence-corrected chi connectivity index (χ2v) is 7.58. The molecule has 2 aromatic carbocycles. The molecule has 0 saturated carbocycles. The lowest BCUT2D eigenvalue weighted by molar-refractivity contribution is -0.894. The summed E-state index contributed by atoms with van der Waals surface area (Å²) in [6.07, 6.45) is 1.34. The molecule has 24 heavy (non-hydrogen) atoms. The lowest BCUT2D eigenvalue weighted by atomic mass is 9.66. The highest BCUT2D eigenvalue weighted by Gasteiger charge is 2.44. The van der Waals surface area contributed by atoms with Gasteiger partial charge in [0.05, 0.1) is 32.6 Å². The van der Waals surface area contributed by atoms with Crippen molar-refractivity contribution in [1.29, 1.82) is 0 Å². The molecule has 0 aromatic heterocycles. The molecular formula is C22H30NO+. The molecule has 2 rings (SSSR count). The quantitative estimate of drug-likeness (QED) is 0.688. The van der Waals surface area contributed by atoms with Crippen LogP contribution in [0.2, 0.25) is 0 Å². The summed E-state index contributed by atoms with van der Waals surface area (Å²) in [4.78, 5) is 13.3. The van der Waals surface area contributed by atoms with Crippen LogP contribution in [-0.2, 0) is 10.2 Å². The van der Waals surface area contributed by atoms with Crippen LogP contribution < -0.4 is 0 Å². The summed E-state index contributed by atoms with van der Waals surface area (Å²) in [6.45, 7) is 4.21. The highest BCUT2D eigenvalue weighted by Crippen LogP contribution is 2.40. The molecule has 1 atom stereocenters. The van der Waals surface area contributed by atoms with E-state index < -0.39 is 5.41 Å². The van der Waals surface area contributed by atoms with Crippen LogP contribution in [0.5, 0.6) is 0 Å². The van der Waals surface area contributed by atoms with E-state index in [0.717, 1.165) is 22.0 Å². The fourth-order valence-corrected chi connectivity index (χ4v) is 3.30. The maximum absolute atomic E-state index is 13.3. The Bertz CT molecular complexity index is 616. The number of rotatable bonds is 7. The minimum Gasteiger partial charge on any atom is -0.329 e. The molecule has 0 N–H and O–H groups in total. The van der Waals surface area contributed by atoms with Crippen molar-refractivity contribution in [3.63, 3.8) is 0 Å². The summed E-state index contributed by atoms with van der Waals surface area (Å²) in [5.41, 5.74) is 1.62. The first-order chi connectivity index (χ1) is 11.3. The summed E-state index contributed by atoms with van der Waals surface area (Å²) in [5, 5.41) is 0. The SMILES string of the molecule is CCC(=O)C(C[C@@H](C)[N+](C)(C)C)(c1ccccc1)c1ccccc1. The van der Waals surface area contributed by atoms with Gasteiger partial charge in [-0.3, -0.25) is 4.79 Å². The van der Waals surface area contributed by atoms with Crippen LogP contribution in [-0.4, -0.2) is 37.5 Å². The van der Waals surface area contributed by atoms with E-state index in [2.05, 4.69) is 52.3 Å². The Labute approximate surface area is 146 Å². The number of carbonyl (C=O) groups excluding carboxylic acids is 1. The summed E-state index contributed by atoms with van der Waals surface area (Å²) < 4.78 is 0.832. The molecule has 0 saturated heterocycles. The second kappa shape index (κ2) is 7.31. The molecule has 0 aliphatic carbocycles. The zero-order valence-electron chi connectivity index (χ0n) is 15.6. The normalized spacial score (nSPS) is 13.5. The van der Waals surface area contributed by atoms with Crippen LogP contribution in [0, 0.1) is 0 Å². The van der Waals surface area contributed by atoms with Crippen LogP contribution in [0.15, 0.2) is 60.7 Å². The van der Waals surface area contributed by atoms with Gasteiger partial charge in [0.15, 0.2) is 0 Å². The maximum Gasteiger partial charge on any atom is 0.147 e. The van der Waals surface area contributed by atoms with Crippen molar-refractivity contribution in [3.8, 4) is 0 Å². The molecule has 2 heteroatoms. The van der Waals surface area contributed by atoms with E-state index in [1.165, 1.54) is 0 Å². The zero-order chi connectivity index (χ0) is 17.8. The molecular weight excluding hydrogens is 294 g/mol. The Morgan fingerprint density at radius 1 is 0.917 bits per heavy atom. The predicted molar refractivity (Wildman–Crippen MR) is 101 cm³/mol. The van der Waals surface area contributed by atoms with E-state index in [9.17, 15) is 4.79 Å². The van der Waals surface area contributed by atoms with Gasteiger partial charge in [-0.15, -0.1) is 0 Å². The summed E-state index contributed by atoms with van der Waals surface area (Å²) in [7, 11) is 6.59. The topological polar surface area (TPSA) is 17.1 Å². The molecule has 0 amide bonds. The van der Waals surface area contributed by atoms with Gasteiger partial charge in [0.2, 0.25) is 0 Å². The number of benzene rings is 2. The monoisotopic (exact) mass is 324 g/mol. The Morgan fingerprint density at radius 3 is 1.67 bits per heavy atom. The van der Waals surface area contributed by atoms with Crippen molar-refractivity contribution >= 4 is 5.78 Å². The van der Waals surface area contributed by atoms with E-state index in [1.807, 2.05) is 43.3 Å². The maximum atomic E-state index is 13.3. The summed E-state index contributed by atoms with van der Waals surface area (Å²) in [5.74, 6) is 0.292. The van der Waals surface area contributed by atoms with Gasteiger partial charge in [0.25, 0.3) is 0 Å². The number of carbonyl (C=O) groups is 1. The van der Waals surface area contributed by atoms with Crippen molar-refractivity contribution in [3.05, 3.63) is 71.8 Å². The van der Waals surface area contributed by atoms with Crippen LogP contribution in [0.1, 0.15) is 37.8 Å². The minimum absolute atomic E-state index is 0.292. The average Bonchev–Trinajstić information content (AvgIpc) is 2.59. The van der Waals surface area contributed by atoms with E-state index in [1.54, 1.807) is 0 Å². The second-order valence-electron chi connectivity index (χ2n) is 7.58.